The summed E-state index contributed by atoms with van der Waals surface area (Å²) in [4.78, 5) is 22.7. The van der Waals surface area contributed by atoms with Crippen LogP contribution in [0.3, 0.4) is 0 Å². The topological polar surface area (TPSA) is 66.8 Å². The van der Waals surface area contributed by atoms with Crippen molar-refractivity contribution < 1.29 is 28.2 Å². The Labute approximate surface area is 90.3 Å². The fraction of sp³-hybridized carbons (Fsp3) is 0.556. The maximum Gasteiger partial charge on any atom is 0.410 e. The SMILES string of the molecule is C=CCOC(=O)N1CC(C(=O)O)(C(F)F)C1. The molecule has 1 N–H and O–H groups in total. The van der Waals surface area contributed by atoms with Gasteiger partial charge in [-0.2, -0.15) is 0 Å². The van der Waals surface area contributed by atoms with Crippen LogP contribution >= 0.6 is 0 Å². The van der Waals surface area contributed by atoms with Gasteiger partial charge in [0.1, 0.15) is 6.61 Å². The Kier molecular flexibility index (Phi) is 3.46. The van der Waals surface area contributed by atoms with Crippen LogP contribution in [0.1, 0.15) is 0 Å². The molecule has 1 aliphatic heterocycles. The third-order valence-electron chi connectivity index (χ3n) is 2.37. The summed E-state index contributed by atoms with van der Waals surface area (Å²) in [5, 5.41) is 8.65. The number of carbonyl (C=O) groups is 2. The van der Waals surface area contributed by atoms with E-state index in [-0.39, 0.29) is 6.61 Å². The van der Waals surface area contributed by atoms with Crippen molar-refractivity contribution in [3.8, 4) is 0 Å². The van der Waals surface area contributed by atoms with Crippen molar-refractivity contribution in [2.45, 2.75) is 6.43 Å². The van der Waals surface area contributed by atoms with Crippen LogP contribution in [0, 0.1) is 5.41 Å². The lowest BCUT2D eigenvalue weighted by Crippen LogP contribution is -2.65. The molecule has 0 aromatic rings. The molecule has 0 saturated carbocycles. The van der Waals surface area contributed by atoms with E-state index >= 15 is 0 Å². The van der Waals surface area contributed by atoms with Gasteiger partial charge in [-0.1, -0.05) is 12.7 Å². The second-order valence-corrected chi connectivity index (χ2v) is 3.48. The largest absolute Gasteiger partial charge is 0.481 e. The van der Waals surface area contributed by atoms with Crippen molar-refractivity contribution in [3.05, 3.63) is 12.7 Å². The van der Waals surface area contributed by atoms with Gasteiger partial charge < -0.3 is 14.7 Å². The summed E-state index contributed by atoms with van der Waals surface area (Å²) in [7, 11) is 0. The fourth-order valence-electron chi connectivity index (χ4n) is 1.35. The molecule has 1 fully saturated rings. The van der Waals surface area contributed by atoms with E-state index in [1.54, 1.807) is 0 Å². The van der Waals surface area contributed by atoms with Gasteiger partial charge in [0.05, 0.1) is 0 Å². The molecule has 1 aliphatic rings. The molecule has 7 heteroatoms. The number of hydrogen-bond acceptors (Lipinski definition) is 3. The summed E-state index contributed by atoms with van der Waals surface area (Å²) in [6.45, 7) is 2.21. The number of nitrogens with zero attached hydrogens (tertiary/aromatic N) is 1. The number of carbonyl (C=O) groups excluding carboxylic acids is 1. The summed E-state index contributed by atoms with van der Waals surface area (Å²) in [6, 6.07) is 0. The summed E-state index contributed by atoms with van der Waals surface area (Å²) >= 11 is 0. The smallest absolute Gasteiger partial charge is 0.410 e. The lowest BCUT2D eigenvalue weighted by atomic mass is 9.80. The first kappa shape index (κ1) is 12.4. The van der Waals surface area contributed by atoms with Crippen LogP contribution in [0.5, 0.6) is 0 Å². The van der Waals surface area contributed by atoms with Gasteiger partial charge in [-0.05, 0) is 0 Å². The maximum absolute atomic E-state index is 12.5. The maximum atomic E-state index is 12.5. The minimum atomic E-state index is -3.01. The molecule has 1 rings (SSSR count). The molecule has 90 valence electrons. The first-order valence-corrected chi connectivity index (χ1v) is 4.48. The molecule has 0 aliphatic carbocycles. The molecule has 0 spiro atoms. The second kappa shape index (κ2) is 4.46. The average molecular weight is 235 g/mol. The molecule has 5 nitrogen and oxygen atoms in total. The first-order valence-electron chi connectivity index (χ1n) is 4.48. The van der Waals surface area contributed by atoms with Gasteiger partial charge in [0, 0.05) is 13.1 Å². The predicted octanol–water partition coefficient (Wildman–Crippen LogP) is 0.961. The quantitative estimate of drug-likeness (QED) is 0.737. The van der Waals surface area contributed by atoms with E-state index in [0.29, 0.717) is 0 Å². The van der Waals surface area contributed by atoms with Crippen LogP contribution in [0.4, 0.5) is 13.6 Å². The molecule has 0 radical (unpaired) electrons. The van der Waals surface area contributed by atoms with E-state index < -0.39 is 37.0 Å². The van der Waals surface area contributed by atoms with Gasteiger partial charge in [0.15, 0.2) is 5.41 Å². The molecule has 0 atom stereocenters. The van der Waals surface area contributed by atoms with E-state index in [2.05, 4.69) is 11.3 Å². The van der Waals surface area contributed by atoms with Gasteiger partial charge in [0.25, 0.3) is 6.43 Å². The van der Waals surface area contributed by atoms with Crippen LogP contribution in [0.15, 0.2) is 12.7 Å². The normalized spacial score (nSPS) is 17.8. The highest BCUT2D eigenvalue weighted by Gasteiger charge is 2.58. The molecule has 1 amide bonds. The van der Waals surface area contributed by atoms with Crippen LogP contribution < -0.4 is 0 Å². The number of alkyl halides is 2. The predicted molar refractivity (Wildman–Crippen MR) is 49.2 cm³/mol. The number of halogens is 2. The first-order chi connectivity index (χ1) is 7.44. The van der Waals surface area contributed by atoms with Gasteiger partial charge in [-0.3, -0.25) is 4.79 Å². The Balaban J connectivity index is 2.54. The van der Waals surface area contributed by atoms with Crippen molar-refractivity contribution in [1.29, 1.82) is 0 Å². The molecule has 16 heavy (non-hydrogen) atoms. The van der Waals surface area contributed by atoms with Crippen molar-refractivity contribution in [2.75, 3.05) is 19.7 Å². The van der Waals surface area contributed by atoms with Crippen molar-refractivity contribution in [1.82, 2.24) is 4.90 Å². The minimum absolute atomic E-state index is 0.0376. The second-order valence-electron chi connectivity index (χ2n) is 3.48. The number of likely N-dealkylation sites (tertiary alicyclic amines) is 1. The van der Waals surface area contributed by atoms with Gasteiger partial charge in [0.2, 0.25) is 0 Å². The Bertz CT molecular complexity index is 313. The number of aliphatic carboxylic acids is 1. The van der Waals surface area contributed by atoms with Crippen LogP contribution in [0.25, 0.3) is 0 Å². The molecule has 1 heterocycles. The van der Waals surface area contributed by atoms with E-state index in [9.17, 15) is 18.4 Å². The highest BCUT2D eigenvalue weighted by atomic mass is 19.3. The monoisotopic (exact) mass is 235 g/mol. The summed E-state index contributed by atoms with van der Waals surface area (Å²) in [5.41, 5.74) is -2.15. The van der Waals surface area contributed by atoms with Crippen LogP contribution in [-0.2, 0) is 9.53 Å². The van der Waals surface area contributed by atoms with E-state index in [1.807, 2.05) is 0 Å². The fourth-order valence-corrected chi connectivity index (χ4v) is 1.35. The number of carboxylic acid groups (broad SMARTS) is 1. The molecule has 0 aromatic carbocycles. The Morgan fingerprint density at radius 3 is 2.50 bits per heavy atom. The standard InChI is InChI=1S/C9H11F2NO4/c1-2-3-16-8(15)12-4-9(5-12,6(10)11)7(13)14/h2,6H,1,3-5H2,(H,13,14). The zero-order chi connectivity index (χ0) is 12.3. The Morgan fingerprint density at radius 2 is 2.12 bits per heavy atom. The van der Waals surface area contributed by atoms with Crippen LogP contribution in [-0.4, -0.2) is 48.2 Å². The zero-order valence-corrected chi connectivity index (χ0v) is 8.36. The lowest BCUT2D eigenvalue weighted by Gasteiger charge is -2.45. The van der Waals surface area contributed by atoms with E-state index in [1.165, 1.54) is 6.08 Å². The Hall–Kier alpha value is -1.66. The Morgan fingerprint density at radius 1 is 1.56 bits per heavy atom. The minimum Gasteiger partial charge on any atom is -0.481 e. The molecular formula is C9H11F2NO4. The molecule has 0 aromatic heterocycles. The highest BCUT2D eigenvalue weighted by Crippen LogP contribution is 2.37. The summed E-state index contributed by atoms with van der Waals surface area (Å²) in [6.07, 6.45) is -2.49. The van der Waals surface area contributed by atoms with E-state index in [0.717, 1.165) is 4.90 Å². The summed E-state index contributed by atoms with van der Waals surface area (Å²) in [5.74, 6) is -1.60. The highest BCUT2D eigenvalue weighted by molar-refractivity contribution is 5.81. The van der Waals surface area contributed by atoms with Crippen molar-refractivity contribution >= 4 is 12.1 Å². The number of amides is 1. The third-order valence-corrected chi connectivity index (χ3v) is 2.37. The number of hydrogen-bond donors (Lipinski definition) is 1. The average Bonchev–Trinajstić information content (AvgIpc) is 2.11. The van der Waals surface area contributed by atoms with Crippen molar-refractivity contribution in [3.63, 3.8) is 0 Å². The third kappa shape index (κ3) is 1.98. The number of carboxylic acids is 1. The van der Waals surface area contributed by atoms with Gasteiger partial charge in [-0.15, -0.1) is 0 Å². The van der Waals surface area contributed by atoms with Crippen molar-refractivity contribution in [2.24, 2.45) is 5.41 Å². The number of rotatable bonds is 4. The van der Waals surface area contributed by atoms with Gasteiger partial charge in [-0.25, -0.2) is 13.6 Å². The molecule has 0 unspecified atom stereocenters. The van der Waals surface area contributed by atoms with Gasteiger partial charge >= 0.3 is 12.1 Å². The molecule has 0 bridgehead atoms. The van der Waals surface area contributed by atoms with E-state index in [4.69, 9.17) is 5.11 Å². The lowest BCUT2D eigenvalue weighted by molar-refractivity contribution is -0.176. The summed E-state index contributed by atoms with van der Waals surface area (Å²) < 4.78 is 29.6. The van der Waals surface area contributed by atoms with Crippen LogP contribution in [0.2, 0.25) is 0 Å². The molecular weight excluding hydrogens is 224 g/mol. The zero-order valence-electron chi connectivity index (χ0n) is 8.36. The number of ether oxygens (including phenoxy) is 1. The molecule has 1 saturated heterocycles.